The molecule has 0 saturated heterocycles. The Labute approximate surface area is 168 Å². The van der Waals surface area contributed by atoms with Crippen LogP contribution in [-0.2, 0) is 4.79 Å². The van der Waals surface area contributed by atoms with Crippen molar-refractivity contribution in [2.75, 3.05) is 0 Å². The summed E-state index contributed by atoms with van der Waals surface area (Å²) in [6, 6.07) is 0. The number of halogens is 2. The first-order chi connectivity index (χ1) is 13.0. The minimum absolute atomic E-state index is 0.00804. The van der Waals surface area contributed by atoms with Gasteiger partial charge in [-0.1, -0.05) is 39.2 Å². The first-order valence-electron chi connectivity index (χ1n) is 10.7. The van der Waals surface area contributed by atoms with Gasteiger partial charge in [-0.25, -0.2) is 13.6 Å². The summed E-state index contributed by atoms with van der Waals surface area (Å²) < 4.78 is 29.4. The quantitative estimate of drug-likeness (QED) is 0.277. The van der Waals surface area contributed by atoms with Gasteiger partial charge >= 0.3 is 5.97 Å². The topological polar surface area (TPSA) is 77.8 Å². The summed E-state index contributed by atoms with van der Waals surface area (Å²) in [4.78, 5) is 10.9. The van der Waals surface area contributed by atoms with Crippen LogP contribution in [0.5, 0.6) is 0 Å². The SMILES string of the molecule is C=C(CCCC[C@H]1[C@@H](O)CC[C@]1(F)CCC(O)CCCCC)C(C)(F)C(=O)O. The molecule has 0 heterocycles. The van der Waals surface area contributed by atoms with Crippen molar-refractivity contribution in [3.8, 4) is 0 Å². The van der Waals surface area contributed by atoms with Crippen LogP contribution >= 0.6 is 0 Å². The Hall–Kier alpha value is -1.01. The van der Waals surface area contributed by atoms with E-state index in [0.29, 0.717) is 44.9 Å². The lowest BCUT2D eigenvalue weighted by Gasteiger charge is -2.30. The van der Waals surface area contributed by atoms with E-state index < -0.39 is 35.4 Å². The van der Waals surface area contributed by atoms with E-state index in [0.717, 1.165) is 26.2 Å². The Kier molecular flexibility index (Phi) is 10.1. The molecule has 6 heteroatoms. The largest absolute Gasteiger partial charge is 0.479 e. The number of hydrogen-bond acceptors (Lipinski definition) is 3. The fourth-order valence-corrected chi connectivity index (χ4v) is 4.15. The molecule has 1 saturated carbocycles. The second-order valence-electron chi connectivity index (χ2n) is 8.59. The Morgan fingerprint density at radius 3 is 2.57 bits per heavy atom. The number of hydrogen-bond donors (Lipinski definition) is 3. The Morgan fingerprint density at radius 1 is 1.29 bits per heavy atom. The smallest absolute Gasteiger partial charge is 0.345 e. The molecule has 1 aliphatic carbocycles. The summed E-state index contributed by atoms with van der Waals surface area (Å²) in [5, 5.41) is 29.2. The molecule has 0 aromatic heterocycles. The van der Waals surface area contributed by atoms with E-state index in [1.54, 1.807) is 0 Å². The third-order valence-corrected chi connectivity index (χ3v) is 6.33. The number of unbranched alkanes of at least 4 members (excludes halogenated alkanes) is 3. The summed E-state index contributed by atoms with van der Waals surface area (Å²) >= 11 is 0. The molecule has 2 unspecified atom stereocenters. The van der Waals surface area contributed by atoms with Crippen LogP contribution in [0.4, 0.5) is 8.78 Å². The molecule has 1 aliphatic rings. The van der Waals surface area contributed by atoms with E-state index in [9.17, 15) is 19.4 Å². The average molecular weight is 405 g/mol. The van der Waals surface area contributed by atoms with Gasteiger partial charge in [0.15, 0.2) is 0 Å². The van der Waals surface area contributed by atoms with Gasteiger partial charge < -0.3 is 15.3 Å². The number of alkyl halides is 2. The second-order valence-corrected chi connectivity index (χ2v) is 8.59. The highest BCUT2D eigenvalue weighted by atomic mass is 19.1. The zero-order valence-electron chi connectivity index (χ0n) is 17.4. The summed E-state index contributed by atoms with van der Waals surface area (Å²) in [5.74, 6) is -2.04. The van der Waals surface area contributed by atoms with Gasteiger partial charge in [-0.2, -0.15) is 0 Å². The molecule has 0 aromatic carbocycles. The van der Waals surface area contributed by atoms with Crippen molar-refractivity contribution in [3.05, 3.63) is 12.2 Å². The predicted molar refractivity (Wildman–Crippen MR) is 107 cm³/mol. The monoisotopic (exact) mass is 404 g/mol. The Bertz CT molecular complexity index is 509. The summed E-state index contributed by atoms with van der Waals surface area (Å²) in [5.41, 5.74) is -3.92. The predicted octanol–water partition coefficient (Wildman–Crippen LogP) is 5.12. The zero-order chi connectivity index (χ0) is 21.4. The lowest BCUT2D eigenvalue weighted by Crippen LogP contribution is -2.34. The summed E-state index contributed by atoms with van der Waals surface area (Å²) in [7, 11) is 0. The van der Waals surface area contributed by atoms with Crippen molar-refractivity contribution >= 4 is 5.97 Å². The second kappa shape index (κ2) is 11.2. The van der Waals surface area contributed by atoms with Crippen LogP contribution in [0.25, 0.3) is 0 Å². The molecule has 164 valence electrons. The molecule has 0 aliphatic heterocycles. The molecule has 1 fully saturated rings. The van der Waals surface area contributed by atoms with Gasteiger partial charge in [-0.15, -0.1) is 0 Å². The number of aliphatic carboxylic acids is 1. The molecule has 3 N–H and O–H groups in total. The van der Waals surface area contributed by atoms with E-state index in [1.165, 1.54) is 0 Å². The molecule has 0 amide bonds. The van der Waals surface area contributed by atoms with Crippen molar-refractivity contribution in [2.45, 2.75) is 114 Å². The maximum absolute atomic E-state index is 15.4. The molecular weight excluding hydrogens is 366 g/mol. The Balaban J connectivity index is 2.45. The third kappa shape index (κ3) is 7.11. The van der Waals surface area contributed by atoms with E-state index in [-0.39, 0.29) is 18.4 Å². The minimum atomic E-state index is -2.45. The highest BCUT2D eigenvalue weighted by Gasteiger charge is 2.47. The van der Waals surface area contributed by atoms with Crippen molar-refractivity contribution in [1.29, 1.82) is 0 Å². The standard InChI is InChI=1S/C22H38F2O4/c1-4-5-6-10-17(25)12-14-22(24)15-13-19(26)18(22)11-8-7-9-16(2)21(3,23)20(27)28/h17-19,25-26H,2,4-15H2,1,3H3,(H,27,28)/t17?,18-,19-,21?,22+/m0/s1. The highest BCUT2D eigenvalue weighted by Crippen LogP contribution is 2.45. The van der Waals surface area contributed by atoms with Gasteiger partial charge in [0.05, 0.1) is 12.2 Å². The number of aliphatic hydroxyl groups excluding tert-OH is 2. The van der Waals surface area contributed by atoms with Gasteiger partial charge in [0.1, 0.15) is 5.67 Å². The fraction of sp³-hybridized carbons (Fsp3) is 0.864. The third-order valence-electron chi connectivity index (χ3n) is 6.33. The van der Waals surface area contributed by atoms with E-state index in [4.69, 9.17) is 5.11 Å². The van der Waals surface area contributed by atoms with Crippen molar-refractivity contribution < 1.29 is 28.9 Å². The van der Waals surface area contributed by atoms with E-state index in [2.05, 4.69) is 13.5 Å². The molecule has 0 radical (unpaired) electrons. The minimum Gasteiger partial charge on any atom is -0.479 e. The first kappa shape index (κ1) is 25.0. The summed E-state index contributed by atoms with van der Waals surface area (Å²) in [6.45, 7) is 6.61. The van der Waals surface area contributed by atoms with Crippen LogP contribution in [0.1, 0.15) is 90.9 Å². The maximum Gasteiger partial charge on any atom is 0.345 e. The van der Waals surface area contributed by atoms with Crippen LogP contribution in [0, 0.1) is 5.92 Å². The van der Waals surface area contributed by atoms with E-state index in [1.807, 2.05) is 0 Å². The molecule has 0 aromatic rings. The number of aliphatic hydroxyl groups is 2. The van der Waals surface area contributed by atoms with Gasteiger partial charge in [-0.05, 0) is 63.9 Å². The molecule has 0 bridgehead atoms. The maximum atomic E-state index is 15.4. The van der Waals surface area contributed by atoms with Gasteiger partial charge in [0.2, 0.25) is 5.67 Å². The van der Waals surface area contributed by atoms with Crippen LogP contribution in [-0.4, -0.2) is 44.8 Å². The van der Waals surface area contributed by atoms with Crippen molar-refractivity contribution in [2.24, 2.45) is 5.92 Å². The number of rotatable bonds is 14. The highest BCUT2D eigenvalue weighted by molar-refractivity contribution is 5.80. The van der Waals surface area contributed by atoms with Gasteiger partial charge in [0.25, 0.3) is 0 Å². The van der Waals surface area contributed by atoms with Crippen LogP contribution < -0.4 is 0 Å². The van der Waals surface area contributed by atoms with Gasteiger partial charge in [-0.3, -0.25) is 0 Å². The number of carbonyl (C=O) groups is 1. The van der Waals surface area contributed by atoms with Crippen molar-refractivity contribution in [3.63, 3.8) is 0 Å². The summed E-state index contributed by atoms with van der Waals surface area (Å²) in [6.07, 6.45) is 5.69. The van der Waals surface area contributed by atoms with Crippen molar-refractivity contribution in [1.82, 2.24) is 0 Å². The van der Waals surface area contributed by atoms with E-state index >= 15 is 4.39 Å². The van der Waals surface area contributed by atoms with Gasteiger partial charge in [0, 0.05) is 5.92 Å². The fourth-order valence-electron chi connectivity index (χ4n) is 4.15. The lowest BCUT2D eigenvalue weighted by molar-refractivity contribution is -0.147. The molecular formula is C22H38F2O4. The molecule has 5 atom stereocenters. The van der Waals surface area contributed by atoms with Crippen LogP contribution in [0.3, 0.4) is 0 Å². The van der Waals surface area contributed by atoms with Crippen LogP contribution in [0.15, 0.2) is 12.2 Å². The molecule has 28 heavy (non-hydrogen) atoms. The molecule has 1 rings (SSSR count). The normalized spacial score (nSPS) is 28.1. The number of carboxylic acids is 1. The Morgan fingerprint density at radius 2 is 1.96 bits per heavy atom. The molecule has 4 nitrogen and oxygen atoms in total. The lowest BCUT2D eigenvalue weighted by atomic mass is 9.82. The first-order valence-corrected chi connectivity index (χ1v) is 10.7. The van der Waals surface area contributed by atoms with Crippen LogP contribution in [0.2, 0.25) is 0 Å². The molecule has 0 spiro atoms. The number of carboxylic acid groups (broad SMARTS) is 1. The zero-order valence-corrected chi connectivity index (χ0v) is 17.4. The average Bonchev–Trinajstić information content (AvgIpc) is 2.92.